The highest BCUT2D eigenvalue weighted by Gasteiger charge is 2.33. The summed E-state index contributed by atoms with van der Waals surface area (Å²) in [6, 6.07) is 2.78. The SMILES string of the molecule is O=C(CCC(=O)N1CCC[C@H]1C(=O)O)c1ccc(Br)s1. The second kappa shape index (κ2) is 6.49. The maximum atomic E-state index is 12.0. The van der Waals surface area contributed by atoms with E-state index in [1.165, 1.54) is 16.2 Å². The molecule has 1 fully saturated rings. The van der Waals surface area contributed by atoms with E-state index < -0.39 is 12.0 Å². The van der Waals surface area contributed by atoms with Crippen LogP contribution in [-0.4, -0.2) is 40.3 Å². The van der Waals surface area contributed by atoms with Crippen molar-refractivity contribution in [2.45, 2.75) is 31.7 Å². The third-order valence-corrected chi connectivity index (χ3v) is 4.94. The average molecular weight is 360 g/mol. The standard InChI is InChI=1S/C13H14BrNO4S/c14-11-5-4-10(20-11)9(16)3-6-12(17)15-7-1-2-8(15)13(18)19/h4-5,8H,1-3,6-7H2,(H,18,19)/t8-/m0/s1. The van der Waals surface area contributed by atoms with E-state index >= 15 is 0 Å². The minimum atomic E-state index is -0.968. The maximum Gasteiger partial charge on any atom is 0.326 e. The van der Waals surface area contributed by atoms with E-state index in [1.54, 1.807) is 12.1 Å². The van der Waals surface area contributed by atoms with E-state index in [0.717, 1.165) is 3.79 Å². The zero-order valence-electron chi connectivity index (χ0n) is 10.7. The summed E-state index contributed by atoms with van der Waals surface area (Å²) in [4.78, 5) is 36.9. The Kier molecular flexibility index (Phi) is 4.93. The highest BCUT2D eigenvalue weighted by Crippen LogP contribution is 2.24. The number of hydrogen-bond acceptors (Lipinski definition) is 4. The Labute approximate surface area is 128 Å². The molecule has 1 atom stereocenters. The van der Waals surface area contributed by atoms with Gasteiger partial charge in [0.25, 0.3) is 0 Å². The van der Waals surface area contributed by atoms with Gasteiger partial charge in [0.15, 0.2) is 5.78 Å². The lowest BCUT2D eigenvalue weighted by atomic mass is 10.1. The molecule has 0 unspecified atom stereocenters. The molecule has 1 amide bonds. The van der Waals surface area contributed by atoms with E-state index in [0.29, 0.717) is 24.3 Å². The molecule has 1 aliphatic heterocycles. The predicted octanol–water partition coefficient (Wildman–Crippen LogP) is 2.55. The molecule has 5 nitrogen and oxygen atoms in total. The number of hydrogen-bond donors (Lipinski definition) is 1. The van der Waals surface area contributed by atoms with Gasteiger partial charge in [0, 0.05) is 19.4 Å². The Hall–Kier alpha value is -1.21. The van der Waals surface area contributed by atoms with Gasteiger partial charge in [0.05, 0.1) is 8.66 Å². The molecule has 0 aromatic carbocycles. The van der Waals surface area contributed by atoms with Crippen molar-refractivity contribution in [1.82, 2.24) is 4.90 Å². The molecule has 2 heterocycles. The number of thiophene rings is 1. The number of ketones is 1. The van der Waals surface area contributed by atoms with Gasteiger partial charge >= 0.3 is 5.97 Å². The Bertz CT molecular complexity index is 542. The summed E-state index contributed by atoms with van der Waals surface area (Å²) in [5.74, 6) is -1.30. The molecule has 108 valence electrons. The normalized spacial score (nSPS) is 18.2. The molecule has 0 radical (unpaired) electrons. The van der Waals surface area contributed by atoms with E-state index in [1.807, 2.05) is 0 Å². The van der Waals surface area contributed by atoms with Crippen LogP contribution < -0.4 is 0 Å². The molecule has 1 aliphatic rings. The minimum Gasteiger partial charge on any atom is -0.480 e. The molecule has 1 aromatic heterocycles. The van der Waals surface area contributed by atoms with Crippen molar-refractivity contribution in [2.75, 3.05) is 6.54 Å². The van der Waals surface area contributed by atoms with Gasteiger partial charge in [-0.15, -0.1) is 11.3 Å². The Balaban J connectivity index is 1.89. The Morgan fingerprint density at radius 1 is 1.35 bits per heavy atom. The summed E-state index contributed by atoms with van der Waals surface area (Å²) in [5.41, 5.74) is 0. The number of rotatable bonds is 5. The quantitative estimate of drug-likeness (QED) is 0.819. The van der Waals surface area contributed by atoms with E-state index in [4.69, 9.17) is 5.11 Å². The molecule has 0 aliphatic carbocycles. The number of carbonyl (C=O) groups excluding carboxylic acids is 2. The minimum absolute atomic E-state index is 0.0676. The van der Waals surface area contributed by atoms with Gasteiger partial charge in [-0.25, -0.2) is 4.79 Å². The van der Waals surface area contributed by atoms with Gasteiger partial charge < -0.3 is 10.0 Å². The van der Waals surface area contributed by atoms with Crippen LogP contribution in [0.15, 0.2) is 15.9 Å². The van der Waals surface area contributed by atoms with Crippen LogP contribution in [0.25, 0.3) is 0 Å². The summed E-state index contributed by atoms with van der Waals surface area (Å²) >= 11 is 4.62. The number of nitrogens with zero attached hydrogens (tertiary/aromatic N) is 1. The lowest BCUT2D eigenvalue weighted by molar-refractivity contribution is -0.148. The summed E-state index contributed by atoms with van der Waals surface area (Å²) in [6.45, 7) is 0.467. The van der Waals surface area contributed by atoms with E-state index in [2.05, 4.69) is 15.9 Å². The molecule has 7 heteroatoms. The second-order valence-corrected chi connectivity index (χ2v) is 7.07. The van der Waals surface area contributed by atoms with Gasteiger partial charge in [0.1, 0.15) is 6.04 Å². The first-order valence-corrected chi connectivity index (χ1v) is 7.91. The third-order valence-electron chi connectivity index (χ3n) is 3.27. The lowest BCUT2D eigenvalue weighted by Gasteiger charge is -2.21. The third kappa shape index (κ3) is 3.46. The monoisotopic (exact) mass is 359 g/mol. The number of carboxylic acids is 1. The number of likely N-dealkylation sites (tertiary alicyclic amines) is 1. The Morgan fingerprint density at radius 2 is 2.10 bits per heavy atom. The molecule has 1 aromatic rings. The van der Waals surface area contributed by atoms with Gasteiger partial charge in [-0.3, -0.25) is 9.59 Å². The van der Waals surface area contributed by atoms with Gasteiger partial charge in [-0.05, 0) is 40.9 Å². The Morgan fingerprint density at radius 3 is 2.70 bits per heavy atom. The first kappa shape index (κ1) is 15.2. The molecule has 0 saturated carbocycles. The fraction of sp³-hybridized carbons (Fsp3) is 0.462. The van der Waals surface area contributed by atoms with Crippen molar-refractivity contribution in [1.29, 1.82) is 0 Å². The fourth-order valence-electron chi connectivity index (χ4n) is 2.27. The van der Waals surface area contributed by atoms with Crippen LogP contribution in [0, 0.1) is 0 Å². The summed E-state index contributed by atoms with van der Waals surface area (Å²) in [5, 5.41) is 9.03. The fourth-order valence-corrected chi connectivity index (χ4v) is 3.63. The zero-order chi connectivity index (χ0) is 14.7. The van der Waals surface area contributed by atoms with Gasteiger partial charge in [0.2, 0.25) is 5.91 Å². The average Bonchev–Trinajstić information content (AvgIpc) is 3.03. The van der Waals surface area contributed by atoms with Crippen LogP contribution in [-0.2, 0) is 9.59 Å². The first-order chi connectivity index (χ1) is 9.49. The molecule has 0 spiro atoms. The first-order valence-electron chi connectivity index (χ1n) is 6.30. The van der Waals surface area contributed by atoms with Crippen LogP contribution in [0.2, 0.25) is 0 Å². The highest BCUT2D eigenvalue weighted by molar-refractivity contribution is 9.11. The maximum absolute atomic E-state index is 12.0. The predicted molar refractivity (Wildman–Crippen MR) is 78.0 cm³/mol. The smallest absolute Gasteiger partial charge is 0.326 e. The number of halogens is 1. The number of Topliss-reactive ketones (excluding diaryl/α,β-unsaturated/α-hetero) is 1. The number of carboxylic acid groups (broad SMARTS) is 1. The van der Waals surface area contributed by atoms with E-state index in [9.17, 15) is 14.4 Å². The molecule has 0 bridgehead atoms. The topological polar surface area (TPSA) is 74.7 Å². The highest BCUT2D eigenvalue weighted by atomic mass is 79.9. The van der Waals surface area contributed by atoms with Crippen molar-refractivity contribution in [3.8, 4) is 0 Å². The van der Waals surface area contributed by atoms with Crippen molar-refractivity contribution in [3.05, 3.63) is 20.8 Å². The van der Waals surface area contributed by atoms with Gasteiger partial charge in [-0.1, -0.05) is 0 Å². The lowest BCUT2D eigenvalue weighted by Crippen LogP contribution is -2.40. The number of carbonyl (C=O) groups is 3. The molecule has 20 heavy (non-hydrogen) atoms. The molecule has 1 N–H and O–H groups in total. The number of amides is 1. The van der Waals surface area contributed by atoms with Crippen molar-refractivity contribution >= 4 is 44.9 Å². The largest absolute Gasteiger partial charge is 0.480 e. The van der Waals surface area contributed by atoms with Gasteiger partial charge in [-0.2, -0.15) is 0 Å². The molecule has 2 rings (SSSR count). The van der Waals surface area contributed by atoms with Crippen LogP contribution >= 0.6 is 27.3 Å². The number of aliphatic carboxylic acids is 1. The summed E-state index contributed by atoms with van der Waals surface area (Å²) in [7, 11) is 0. The van der Waals surface area contributed by atoms with Crippen LogP contribution in [0.5, 0.6) is 0 Å². The molecule has 1 saturated heterocycles. The van der Waals surface area contributed by atoms with Crippen LogP contribution in [0.3, 0.4) is 0 Å². The van der Waals surface area contributed by atoms with Crippen molar-refractivity contribution < 1.29 is 19.5 Å². The van der Waals surface area contributed by atoms with Crippen LogP contribution in [0.4, 0.5) is 0 Å². The van der Waals surface area contributed by atoms with Crippen molar-refractivity contribution in [3.63, 3.8) is 0 Å². The van der Waals surface area contributed by atoms with E-state index in [-0.39, 0.29) is 24.5 Å². The van der Waals surface area contributed by atoms with Crippen LogP contribution in [0.1, 0.15) is 35.4 Å². The zero-order valence-corrected chi connectivity index (χ0v) is 13.1. The summed E-state index contributed by atoms with van der Waals surface area (Å²) in [6.07, 6.45) is 1.38. The second-order valence-electron chi connectivity index (χ2n) is 4.61. The molecular formula is C13H14BrNO4S. The van der Waals surface area contributed by atoms with Crippen molar-refractivity contribution in [2.24, 2.45) is 0 Å². The summed E-state index contributed by atoms with van der Waals surface area (Å²) < 4.78 is 0.873. The molecular weight excluding hydrogens is 346 g/mol.